The van der Waals surface area contributed by atoms with Crippen molar-refractivity contribution in [3.05, 3.63) is 0 Å². The molecule has 1 aliphatic carbocycles. The van der Waals surface area contributed by atoms with E-state index < -0.39 is 11.4 Å². The number of methoxy groups -OCH3 is 1. The molecule has 1 saturated heterocycles. The maximum absolute atomic E-state index is 12.0. The van der Waals surface area contributed by atoms with Crippen LogP contribution < -0.4 is 5.32 Å². The van der Waals surface area contributed by atoms with Gasteiger partial charge in [0, 0.05) is 33.4 Å². The summed E-state index contributed by atoms with van der Waals surface area (Å²) < 4.78 is 4.91. The predicted molar refractivity (Wildman–Crippen MR) is 68.9 cm³/mol. The van der Waals surface area contributed by atoms with Crippen molar-refractivity contribution in [1.82, 2.24) is 10.2 Å². The molecule has 0 aromatic heterocycles. The minimum Gasteiger partial charge on any atom is -0.481 e. The van der Waals surface area contributed by atoms with Crippen molar-refractivity contribution in [1.29, 1.82) is 0 Å². The number of carbonyl (C=O) groups is 2. The normalized spacial score (nSPS) is 29.3. The molecule has 19 heavy (non-hydrogen) atoms. The highest BCUT2D eigenvalue weighted by Gasteiger charge is 2.55. The highest BCUT2D eigenvalue weighted by molar-refractivity contribution is 5.80. The molecule has 0 spiro atoms. The third-order valence-electron chi connectivity index (χ3n) is 4.39. The molecule has 2 fully saturated rings. The van der Waals surface area contributed by atoms with Gasteiger partial charge >= 0.3 is 12.0 Å². The number of amides is 2. The molecule has 2 amide bonds. The van der Waals surface area contributed by atoms with E-state index in [0.717, 1.165) is 19.3 Å². The first-order chi connectivity index (χ1) is 9.10. The molecule has 6 nitrogen and oxygen atoms in total. The molecule has 2 atom stereocenters. The lowest BCUT2D eigenvalue weighted by Gasteiger charge is -2.23. The minimum atomic E-state index is -0.746. The number of carboxylic acids is 1. The lowest BCUT2D eigenvalue weighted by molar-refractivity contribution is -0.149. The smallest absolute Gasteiger partial charge is 0.317 e. The van der Waals surface area contributed by atoms with Crippen molar-refractivity contribution in [3.63, 3.8) is 0 Å². The summed E-state index contributed by atoms with van der Waals surface area (Å²) >= 11 is 0. The predicted octanol–water partition coefficient (Wildman–Crippen LogP) is 0.919. The van der Waals surface area contributed by atoms with Crippen molar-refractivity contribution >= 4 is 12.0 Å². The minimum absolute atomic E-state index is 0.120. The number of aliphatic carboxylic acids is 1. The van der Waals surface area contributed by atoms with E-state index in [1.165, 1.54) is 0 Å². The van der Waals surface area contributed by atoms with E-state index in [4.69, 9.17) is 4.74 Å². The Morgan fingerprint density at radius 1 is 1.53 bits per heavy atom. The zero-order chi connectivity index (χ0) is 13.9. The molecule has 0 radical (unpaired) electrons. The third-order valence-corrected chi connectivity index (χ3v) is 4.39. The summed E-state index contributed by atoms with van der Waals surface area (Å²) in [7, 11) is 1.63. The van der Waals surface area contributed by atoms with Gasteiger partial charge in [0.1, 0.15) is 0 Å². The maximum atomic E-state index is 12.0. The van der Waals surface area contributed by atoms with Gasteiger partial charge in [0.25, 0.3) is 0 Å². The number of nitrogens with one attached hydrogen (secondary N) is 1. The molecule has 0 aromatic carbocycles. The lowest BCUT2D eigenvalue weighted by atomic mass is 9.81. The molecule has 1 heterocycles. The van der Waals surface area contributed by atoms with Crippen LogP contribution in [-0.2, 0) is 9.53 Å². The number of likely N-dealkylation sites (tertiary alicyclic amines) is 1. The first kappa shape index (κ1) is 14.1. The van der Waals surface area contributed by atoms with Crippen LogP contribution in [0.5, 0.6) is 0 Å². The molecule has 2 N–H and O–H groups in total. The van der Waals surface area contributed by atoms with E-state index >= 15 is 0 Å². The van der Waals surface area contributed by atoms with Crippen LogP contribution in [-0.4, -0.2) is 55.4 Å². The Labute approximate surface area is 113 Å². The summed E-state index contributed by atoms with van der Waals surface area (Å²) in [6.45, 7) is 2.10. The highest BCUT2D eigenvalue weighted by atomic mass is 16.5. The Kier molecular flexibility index (Phi) is 4.29. The van der Waals surface area contributed by atoms with Crippen LogP contribution in [0.3, 0.4) is 0 Å². The van der Waals surface area contributed by atoms with Crippen molar-refractivity contribution in [3.8, 4) is 0 Å². The van der Waals surface area contributed by atoms with E-state index in [1.54, 1.807) is 12.0 Å². The molecule has 2 rings (SSSR count). The van der Waals surface area contributed by atoms with Gasteiger partial charge in [0.2, 0.25) is 0 Å². The Morgan fingerprint density at radius 3 is 2.95 bits per heavy atom. The van der Waals surface area contributed by atoms with Crippen molar-refractivity contribution in [2.45, 2.75) is 25.7 Å². The number of ether oxygens (including phenoxy) is 1. The maximum Gasteiger partial charge on any atom is 0.317 e. The SMILES string of the molecule is COCCCNC(=O)N1C[C@@H]2CCC[C@@]2(C(=O)O)C1. The summed E-state index contributed by atoms with van der Waals surface area (Å²) in [5.74, 6) is -0.626. The number of hydrogen-bond acceptors (Lipinski definition) is 3. The van der Waals surface area contributed by atoms with E-state index in [1.807, 2.05) is 0 Å². The van der Waals surface area contributed by atoms with E-state index in [-0.39, 0.29) is 11.9 Å². The fourth-order valence-electron chi connectivity index (χ4n) is 3.32. The first-order valence-corrected chi connectivity index (χ1v) is 6.85. The van der Waals surface area contributed by atoms with Crippen LogP contribution in [0.25, 0.3) is 0 Å². The van der Waals surface area contributed by atoms with Crippen molar-refractivity contribution in [2.75, 3.05) is 33.4 Å². The Hall–Kier alpha value is -1.30. The van der Waals surface area contributed by atoms with Gasteiger partial charge in [-0.2, -0.15) is 0 Å². The molecule has 108 valence electrons. The number of carboxylic acid groups (broad SMARTS) is 1. The number of hydrogen-bond donors (Lipinski definition) is 2. The molecule has 0 bridgehead atoms. The Morgan fingerprint density at radius 2 is 2.32 bits per heavy atom. The Bertz CT molecular complexity index is 361. The number of nitrogens with zero attached hydrogens (tertiary/aromatic N) is 1. The molecule has 6 heteroatoms. The van der Waals surface area contributed by atoms with Crippen molar-refractivity contribution < 1.29 is 19.4 Å². The summed E-state index contributed by atoms with van der Waals surface area (Å²) in [5, 5.41) is 12.3. The number of rotatable bonds is 5. The first-order valence-electron chi connectivity index (χ1n) is 6.85. The molecule has 0 unspecified atom stereocenters. The quantitative estimate of drug-likeness (QED) is 0.728. The second-order valence-electron chi connectivity index (χ2n) is 5.51. The van der Waals surface area contributed by atoms with Crippen molar-refractivity contribution in [2.24, 2.45) is 11.3 Å². The zero-order valence-electron chi connectivity index (χ0n) is 11.4. The molecule has 1 saturated carbocycles. The molecule has 2 aliphatic rings. The van der Waals surface area contributed by atoms with Gasteiger partial charge in [-0.25, -0.2) is 4.79 Å². The van der Waals surface area contributed by atoms with E-state index in [9.17, 15) is 14.7 Å². The Balaban J connectivity index is 1.87. The summed E-state index contributed by atoms with van der Waals surface area (Å²) in [5.41, 5.74) is -0.691. The number of fused-ring (bicyclic) bond motifs is 1. The van der Waals surface area contributed by atoms with Gasteiger partial charge in [-0.1, -0.05) is 6.42 Å². The number of urea groups is 1. The molecular weight excluding hydrogens is 248 g/mol. The van der Waals surface area contributed by atoms with Gasteiger partial charge < -0.3 is 20.1 Å². The lowest BCUT2D eigenvalue weighted by Crippen LogP contribution is -2.42. The van der Waals surface area contributed by atoms with Crippen LogP contribution in [0.4, 0.5) is 4.79 Å². The average molecular weight is 270 g/mol. The van der Waals surface area contributed by atoms with Gasteiger partial charge in [-0.3, -0.25) is 4.79 Å². The molecular formula is C13H22N2O4. The standard InChI is InChI=1S/C13H22N2O4/c1-19-7-3-6-14-12(18)15-8-10-4-2-5-13(10,9-15)11(16)17/h10H,2-9H2,1H3,(H,14,18)(H,16,17)/t10-,13+/m0/s1. The van der Waals surface area contributed by atoms with Gasteiger partial charge in [0.15, 0.2) is 0 Å². The summed E-state index contributed by atoms with van der Waals surface area (Å²) in [6, 6.07) is -0.147. The highest BCUT2D eigenvalue weighted by Crippen LogP contribution is 2.48. The third kappa shape index (κ3) is 2.68. The summed E-state index contributed by atoms with van der Waals surface area (Å²) in [6.07, 6.45) is 3.34. The topological polar surface area (TPSA) is 78.9 Å². The van der Waals surface area contributed by atoms with Crippen LogP contribution >= 0.6 is 0 Å². The number of carbonyl (C=O) groups excluding carboxylic acids is 1. The van der Waals surface area contributed by atoms with Crippen LogP contribution in [0.2, 0.25) is 0 Å². The van der Waals surface area contributed by atoms with E-state index in [0.29, 0.717) is 32.7 Å². The fourth-order valence-corrected chi connectivity index (χ4v) is 3.32. The van der Waals surface area contributed by atoms with Crippen LogP contribution in [0.15, 0.2) is 0 Å². The monoisotopic (exact) mass is 270 g/mol. The second-order valence-corrected chi connectivity index (χ2v) is 5.51. The molecule has 0 aromatic rings. The summed E-state index contributed by atoms with van der Waals surface area (Å²) in [4.78, 5) is 25.1. The van der Waals surface area contributed by atoms with E-state index in [2.05, 4.69) is 5.32 Å². The fraction of sp³-hybridized carbons (Fsp3) is 0.846. The largest absolute Gasteiger partial charge is 0.481 e. The average Bonchev–Trinajstić information content (AvgIpc) is 2.91. The zero-order valence-corrected chi connectivity index (χ0v) is 11.4. The second kappa shape index (κ2) is 5.77. The van der Waals surface area contributed by atoms with Gasteiger partial charge in [0.05, 0.1) is 5.41 Å². The van der Waals surface area contributed by atoms with Crippen LogP contribution in [0.1, 0.15) is 25.7 Å². The van der Waals surface area contributed by atoms with Crippen LogP contribution in [0, 0.1) is 11.3 Å². The molecule has 1 aliphatic heterocycles. The van der Waals surface area contributed by atoms with Gasteiger partial charge in [-0.15, -0.1) is 0 Å². The van der Waals surface area contributed by atoms with Gasteiger partial charge in [-0.05, 0) is 25.2 Å².